The van der Waals surface area contributed by atoms with Crippen molar-refractivity contribution in [3.05, 3.63) is 74.9 Å². The van der Waals surface area contributed by atoms with E-state index in [9.17, 15) is 14.4 Å². The first-order chi connectivity index (χ1) is 13.5. The third-order valence-electron chi connectivity index (χ3n) is 4.46. The second-order valence-corrected chi connectivity index (χ2v) is 6.45. The van der Waals surface area contributed by atoms with Crippen LogP contribution in [-0.4, -0.2) is 28.2 Å². The average molecular weight is 381 g/mol. The number of hydrogen-bond acceptors (Lipinski definition) is 4. The number of ether oxygens (including phenoxy) is 1. The molecule has 0 saturated heterocycles. The highest BCUT2D eigenvalue weighted by Gasteiger charge is 2.14. The monoisotopic (exact) mass is 381 g/mol. The Morgan fingerprint density at radius 2 is 1.75 bits per heavy atom. The molecule has 28 heavy (non-hydrogen) atoms. The van der Waals surface area contributed by atoms with Crippen LogP contribution in [0.3, 0.4) is 0 Å². The van der Waals surface area contributed by atoms with E-state index in [4.69, 9.17) is 4.74 Å². The van der Waals surface area contributed by atoms with E-state index in [-0.39, 0.29) is 24.6 Å². The van der Waals surface area contributed by atoms with Gasteiger partial charge in [0.15, 0.2) is 0 Å². The van der Waals surface area contributed by atoms with Crippen molar-refractivity contribution in [2.24, 2.45) is 0 Å². The summed E-state index contributed by atoms with van der Waals surface area (Å²) >= 11 is 0. The van der Waals surface area contributed by atoms with E-state index in [2.05, 4.69) is 5.32 Å². The first-order valence-corrected chi connectivity index (χ1v) is 9.19. The summed E-state index contributed by atoms with van der Waals surface area (Å²) in [6.07, 6.45) is 0. The maximum absolute atomic E-state index is 12.6. The molecule has 0 unspecified atom stereocenters. The van der Waals surface area contributed by atoms with Crippen LogP contribution in [0.4, 0.5) is 0 Å². The molecule has 0 saturated carbocycles. The second-order valence-electron chi connectivity index (χ2n) is 6.45. The Labute approximate surface area is 162 Å². The number of nitrogens with zero attached hydrogens (tertiary/aromatic N) is 2. The van der Waals surface area contributed by atoms with Crippen LogP contribution in [0.1, 0.15) is 12.5 Å². The molecule has 0 aliphatic rings. The Kier molecular flexibility index (Phi) is 5.93. The SMILES string of the molecule is CCn1c(=O)c2ccccc2n(CC(=O)NCCOc2ccc(C)cc2)c1=O. The summed E-state index contributed by atoms with van der Waals surface area (Å²) in [4.78, 5) is 37.4. The average Bonchev–Trinajstić information content (AvgIpc) is 2.70. The van der Waals surface area contributed by atoms with Crippen LogP contribution in [0.25, 0.3) is 10.9 Å². The molecule has 0 aliphatic heterocycles. The predicted molar refractivity (Wildman–Crippen MR) is 108 cm³/mol. The molecule has 3 aromatic rings. The van der Waals surface area contributed by atoms with Gasteiger partial charge in [0.25, 0.3) is 5.56 Å². The Hall–Kier alpha value is -3.35. The molecule has 7 heteroatoms. The third-order valence-corrected chi connectivity index (χ3v) is 4.46. The van der Waals surface area contributed by atoms with Gasteiger partial charge in [-0.15, -0.1) is 0 Å². The number of amides is 1. The zero-order valence-electron chi connectivity index (χ0n) is 16.0. The van der Waals surface area contributed by atoms with E-state index in [0.717, 1.165) is 15.9 Å². The van der Waals surface area contributed by atoms with Crippen LogP contribution >= 0.6 is 0 Å². The Bertz CT molecular complexity index is 1100. The van der Waals surface area contributed by atoms with Crippen molar-refractivity contribution in [2.45, 2.75) is 26.9 Å². The minimum absolute atomic E-state index is 0.163. The van der Waals surface area contributed by atoms with Crippen LogP contribution < -0.4 is 21.3 Å². The van der Waals surface area contributed by atoms with Gasteiger partial charge in [-0.3, -0.25) is 18.7 Å². The lowest BCUT2D eigenvalue weighted by Gasteiger charge is -2.13. The third kappa shape index (κ3) is 4.14. The molecule has 0 bridgehead atoms. The van der Waals surface area contributed by atoms with Crippen molar-refractivity contribution in [1.82, 2.24) is 14.5 Å². The first-order valence-electron chi connectivity index (χ1n) is 9.19. The minimum Gasteiger partial charge on any atom is -0.492 e. The van der Waals surface area contributed by atoms with Gasteiger partial charge in [0.1, 0.15) is 18.9 Å². The molecule has 2 aromatic carbocycles. The van der Waals surface area contributed by atoms with Gasteiger partial charge in [-0.1, -0.05) is 29.8 Å². The maximum atomic E-state index is 12.6. The summed E-state index contributed by atoms with van der Waals surface area (Å²) in [5.41, 5.74) is 0.767. The van der Waals surface area contributed by atoms with Crippen LogP contribution in [-0.2, 0) is 17.9 Å². The lowest BCUT2D eigenvalue weighted by molar-refractivity contribution is -0.121. The highest BCUT2D eigenvalue weighted by molar-refractivity contribution is 5.81. The zero-order valence-corrected chi connectivity index (χ0v) is 16.0. The maximum Gasteiger partial charge on any atom is 0.331 e. The summed E-state index contributed by atoms with van der Waals surface area (Å²) < 4.78 is 8.04. The van der Waals surface area contributed by atoms with Crippen molar-refractivity contribution < 1.29 is 9.53 Å². The highest BCUT2D eigenvalue weighted by atomic mass is 16.5. The molecule has 0 aliphatic carbocycles. The number of fused-ring (bicyclic) bond motifs is 1. The van der Waals surface area contributed by atoms with Crippen LogP contribution in [0.2, 0.25) is 0 Å². The van der Waals surface area contributed by atoms with E-state index in [1.54, 1.807) is 31.2 Å². The van der Waals surface area contributed by atoms with E-state index in [1.165, 1.54) is 4.57 Å². The smallest absolute Gasteiger partial charge is 0.331 e. The van der Waals surface area contributed by atoms with Crippen molar-refractivity contribution in [1.29, 1.82) is 0 Å². The van der Waals surface area contributed by atoms with Gasteiger partial charge in [0, 0.05) is 6.54 Å². The van der Waals surface area contributed by atoms with Crippen molar-refractivity contribution >= 4 is 16.8 Å². The summed E-state index contributed by atoms with van der Waals surface area (Å²) in [7, 11) is 0. The van der Waals surface area contributed by atoms with Gasteiger partial charge in [0.05, 0.1) is 17.4 Å². The van der Waals surface area contributed by atoms with Gasteiger partial charge in [-0.25, -0.2) is 4.79 Å². The standard InChI is InChI=1S/C21H23N3O4/c1-3-23-20(26)17-6-4-5-7-18(17)24(21(23)27)14-19(25)22-12-13-28-16-10-8-15(2)9-11-16/h4-11H,3,12-14H2,1-2H3,(H,22,25). The molecule has 0 atom stereocenters. The normalized spacial score (nSPS) is 10.8. The van der Waals surface area contributed by atoms with E-state index < -0.39 is 5.69 Å². The largest absolute Gasteiger partial charge is 0.492 e. The summed E-state index contributed by atoms with van der Waals surface area (Å²) in [6.45, 7) is 4.44. The number of carbonyl (C=O) groups excluding carboxylic acids is 1. The molecule has 1 aromatic heterocycles. The van der Waals surface area contributed by atoms with Crippen LogP contribution in [0, 0.1) is 6.92 Å². The van der Waals surface area contributed by atoms with Crippen molar-refractivity contribution in [3.8, 4) is 5.75 Å². The number of para-hydroxylation sites is 1. The van der Waals surface area contributed by atoms with E-state index >= 15 is 0 Å². The molecule has 7 nitrogen and oxygen atoms in total. The van der Waals surface area contributed by atoms with Crippen LogP contribution in [0.5, 0.6) is 5.75 Å². The molecule has 146 valence electrons. The number of benzene rings is 2. The van der Waals surface area contributed by atoms with Gasteiger partial charge in [0.2, 0.25) is 5.91 Å². The zero-order chi connectivity index (χ0) is 20.1. The summed E-state index contributed by atoms with van der Waals surface area (Å²) in [5.74, 6) is 0.415. The number of aromatic nitrogens is 2. The number of rotatable bonds is 7. The lowest BCUT2D eigenvalue weighted by atomic mass is 10.2. The fourth-order valence-corrected chi connectivity index (χ4v) is 3.00. The molecule has 1 N–H and O–H groups in total. The van der Waals surface area contributed by atoms with Crippen LogP contribution in [0.15, 0.2) is 58.1 Å². The lowest BCUT2D eigenvalue weighted by Crippen LogP contribution is -2.42. The molecule has 0 fully saturated rings. The fraction of sp³-hybridized carbons (Fsp3) is 0.286. The second kappa shape index (κ2) is 8.56. The van der Waals surface area contributed by atoms with Gasteiger partial charge >= 0.3 is 5.69 Å². The van der Waals surface area contributed by atoms with E-state index in [0.29, 0.717) is 24.1 Å². The first kappa shape index (κ1) is 19.4. The fourth-order valence-electron chi connectivity index (χ4n) is 3.00. The quantitative estimate of drug-likeness (QED) is 0.632. The Morgan fingerprint density at radius 3 is 2.46 bits per heavy atom. The molecular weight excluding hydrogens is 358 g/mol. The van der Waals surface area contributed by atoms with Gasteiger partial charge in [-0.2, -0.15) is 0 Å². The highest BCUT2D eigenvalue weighted by Crippen LogP contribution is 2.11. The number of nitrogens with one attached hydrogen (secondary N) is 1. The molecule has 0 spiro atoms. The minimum atomic E-state index is -0.489. The molecular formula is C21H23N3O4. The molecule has 1 amide bonds. The number of aryl methyl sites for hydroxylation is 1. The van der Waals surface area contributed by atoms with Gasteiger partial charge in [-0.05, 0) is 38.1 Å². The van der Waals surface area contributed by atoms with E-state index in [1.807, 2.05) is 31.2 Å². The Balaban J connectivity index is 1.68. The molecule has 1 heterocycles. The summed E-state index contributed by atoms with van der Waals surface area (Å²) in [5, 5.41) is 3.16. The number of hydrogen-bond donors (Lipinski definition) is 1. The summed E-state index contributed by atoms with van der Waals surface area (Å²) in [6, 6.07) is 14.5. The van der Waals surface area contributed by atoms with Gasteiger partial charge < -0.3 is 10.1 Å². The van der Waals surface area contributed by atoms with Crippen molar-refractivity contribution in [3.63, 3.8) is 0 Å². The Morgan fingerprint density at radius 1 is 1.04 bits per heavy atom. The predicted octanol–water partition coefficient (Wildman–Crippen LogP) is 1.69. The number of carbonyl (C=O) groups is 1. The van der Waals surface area contributed by atoms with Crippen molar-refractivity contribution in [2.75, 3.05) is 13.2 Å². The topological polar surface area (TPSA) is 82.3 Å². The molecule has 3 rings (SSSR count). The molecule has 0 radical (unpaired) electrons.